The fourth-order valence-electron chi connectivity index (χ4n) is 0.419. The molecule has 0 aliphatic carbocycles. The number of halogens is 1. The van der Waals surface area contributed by atoms with Crippen LogP contribution in [0.4, 0.5) is 0 Å². The fourth-order valence-corrected chi connectivity index (χ4v) is 0.471. The lowest BCUT2D eigenvalue weighted by Crippen LogP contribution is -2.08. The summed E-state index contributed by atoms with van der Waals surface area (Å²) in [7, 11) is 0. The molecule has 0 N–H and O–H groups in total. The van der Waals surface area contributed by atoms with Crippen molar-refractivity contribution in [1.82, 2.24) is 0 Å². The Morgan fingerprint density at radius 2 is 2.22 bits per heavy atom. The van der Waals surface area contributed by atoms with E-state index in [0.29, 0.717) is 0 Å². The van der Waals surface area contributed by atoms with Gasteiger partial charge in [-0.2, -0.15) is 0 Å². The Balaban J connectivity index is 2.88. The molecule has 0 amide bonds. The van der Waals surface area contributed by atoms with Crippen LogP contribution in [-0.2, 0) is 9.03 Å². The predicted octanol–water partition coefficient (Wildman–Crippen LogP) is 2.32. The lowest BCUT2D eigenvalue weighted by atomic mass is 10.4. The highest BCUT2D eigenvalue weighted by Gasteiger charge is 1.97. The topological polar surface area (TPSA) is 18.5 Å². The third-order valence-electron chi connectivity index (χ3n) is 0.976. The van der Waals surface area contributed by atoms with E-state index in [1.165, 1.54) is 0 Å². The summed E-state index contributed by atoms with van der Waals surface area (Å²) in [5, 5.41) is 0. The minimum atomic E-state index is -0.279. The van der Waals surface area contributed by atoms with E-state index in [9.17, 15) is 0 Å². The van der Waals surface area contributed by atoms with E-state index in [4.69, 9.17) is 16.6 Å². The SMILES string of the molecule is CCCCOC(C)OCl. The molecular formula is C6H13ClO2. The number of unbranched alkanes of at least 4 members (excludes halogenated alkanes) is 1. The summed E-state index contributed by atoms with van der Waals surface area (Å²) in [4.78, 5) is 0. The number of hydrogen-bond donors (Lipinski definition) is 0. The molecule has 0 aromatic carbocycles. The van der Waals surface area contributed by atoms with E-state index in [1.54, 1.807) is 6.92 Å². The summed E-state index contributed by atoms with van der Waals surface area (Å²) in [6.45, 7) is 4.60. The standard InChI is InChI=1S/C6H13ClO2/c1-3-4-5-8-6(2)9-7/h6H,3-5H2,1-2H3. The molecule has 0 spiro atoms. The van der Waals surface area contributed by atoms with Crippen molar-refractivity contribution in [3.05, 3.63) is 0 Å². The molecule has 0 aliphatic rings. The summed E-state index contributed by atoms with van der Waals surface area (Å²) in [6.07, 6.45) is 1.91. The van der Waals surface area contributed by atoms with Crippen LogP contribution in [0.25, 0.3) is 0 Å². The molecule has 0 radical (unpaired) electrons. The molecule has 2 nitrogen and oxygen atoms in total. The van der Waals surface area contributed by atoms with Gasteiger partial charge in [0.2, 0.25) is 0 Å². The Morgan fingerprint density at radius 1 is 1.56 bits per heavy atom. The van der Waals surface area contributed by atoms with Gasteiger partial charge in [0.05, 0.1) is 11.9 Å². The van der Waals surface area contributed by atoms with Crippen molar-refractivity contribution >= 4 is 11.9 Å². The van der Waals surface area contributed by atoms with Gasteiger partial charge in [-0.3, -0.25) is 0 Å². The van der Waals surface area contributed by atoms with Crippen LogP contribution >= 0.6 is 11.9 Å². The van der Waals surface area contributed by atoms with E-state index in [0.717, 1.165) is 19.4 Å². The minimum absolute atomic E-state index is 0.279. The molecule has 0 rings (SSSR count). The molecule has 0 heterocycles. The summed E-state index contributed by atoms with van der Waals surface area (Å²) in [5.74, 6) is 0. The maximum atomic E-state index is 5.08. The molecular weight excluding hydrogens is 140 g/mol. The van der Waals surface area contributed by atoms with Gasteiger partial charge in [-0.05, 0) is 13.3 Å². The molecule has 0 fully saturated rings. The average molecular weight is 153 g/mol. The van der Waals surface area contributed by atoms with Gasteiger partial charge in [0.1, 0.15) is 0 Å². The maximum absolute atomic E-state index is 5.08. The van der Waals surface area contributed by atoms with Crippen molar-refractivity contribution in [3.8, 4) is 0 Å². The normalized spacial score (nSPS) is 13.7. The molecule has 1 atom stereocenters. The van der Waals surface area contributed by atoms with Crippen LogP contribution in [0.1, 0.15) is 26.7 Å². The van der Waals surface area contributed by atoms with E-state index in [1.807, 2.05) is 0 Å². The fraction of sp³-hybridized carbons (Fsp3) is 1.00. The lowest BCUT2D eigenvalue weighted by Gasteiger charge is -2.06. The molecule has 0 bridgehead atoms. The largest absolute Gasteiger partial charge is 0.351 e. The highest BCUT2D eigenvalue weighted by molar-refractivity contribution is 6.07. The molecule has 9 heavy (non-hydrogen) atoms. The van der Waals surface area contributed by atoms with Crippen LogP contribution < -0.4 is 0 Å². The first-order chi connectivity index (χ1) is 4.31. The van der Waals surface area contributed by atoms with Gasteiger partial charge in [0.15, 0.2) is 6.29 Å². The van der Waals surface area contributed by atoms with Gasteiger partial charge in [-0.15, -0.1) is 0 Å². The maximum Gasteiger partial charge on any atom is 0.174 e. The van der Waals surface area contributed by atoms with Crippen molar-refractivity contribution in [2.45, 2.75) is 33.0 Å². The van der Waals surface area contributed by atoms with Crippen molar-refractivity contribution < 1.29 is 9.03 Å². The zero-order chi connectivity index (χ0) is 7.11. The third-order valence-corrected chi connectivity index (χ3v) is 1.23. The Hall–Kier alpha value is 0.210. The smallest absolute Gasteiger partial charge is 0.174 e. The lowest BCUT2D eigenvalue weighted by molar-refractivity contribution is -0.0629. The second-order valence-electron chi connectivity index (χ2n) is 1.88. The Labute approximate surface area is 61.3 Å². The Morgan fingerprint density at radius 3 is 2.67 bits per heavy atom. The van der Waals surface area contributed by atoms with Crippen molar-refractivity contribution in [2.75, 3.05) is 6.61 Å². The molecule has 56 valence electrons. The van der Waals surface area contributed by atoms with Gasteiger partial charge >= 0.3 is 0 Å². The van der Waals surface area contributed by atoms with Crippen LogP contribution in [0.3, 0.4) is 0 Å². The third kappa shape index (κ3) is 6.09. The highest BCUT2D eigenvalue weighted by atomic mass is 35.5. The van der Waals surface area contributed by atoms with Gasteiger partial charge in [-0.25, -0.2) is 4.29 Å². The van der Waals surface area contributed by atoms with Crippen LogP contribution in [0.2, 0.25) is 0 Å². The first kappa shape index (κ1) is 9.21. The second kappa shape index (κ2) is 6.33. The second-order valence-corrected chi connectivity index (χ2v) is 2.06. The van der Waals surface area contributed by atoms with E-state index >= 15 is 0 Å². The molecule has 3 heteroatoms. The van der Waals surface area contributed by atoms with Crippen molar-refractivity contribution in [2.24, 2.45) is 0 Å². The number of ether oxygens (including phenoxy) is 1. The number of rotatable bonds is 5. The predicted molar refractivity (Wildman–Crippen MR) is 37.3 cm³/mol. The highest BCUT2D eigenvalue weighted by Crippen LogP contribution is 1.97. The zero-order valence-electron chi connectivity index (χ0n) is 5.89. The first-order valence-electron chi connectivity index (χ1n) is 3.20. The molecule has 0 aromatic rings. The van der Waals surface area contributed by atoms with Gasteiger partial charge < -0.3 is 4.74 Å². The van der Waals surface area contributed by atoms with E-state index < -0.39 is 0 Å². The Bertz CT molecular complexity index is 59.0. The summed E-state index contributed by atoms with van der Waals surface area (Å²) in [5.41, 5.74) is 0. The van der Waals surface area contributed by atoms with Crippen LogP contribution in [0.15, 0.2) is 0 Å². The van der Waals surface area contributed by atoms with E-state index in [-0.39, 0.29) is 6.29 Å². The minimum Gasteiger partial charge on any atom is -0.351 e. The zero-order valence-corrected chi connectivity index (χ0v) is 6.65. The van der Waals surface area contributed by atoms with E-state index in [2.05, 4.69) is 11.2 Å². The average Bonchev–Trinajstić information content (AvgIpc) is 1.89. The number of hydrogen-bond acceptors (Lipinski definition) is 2. The summed E-state index contributed by atoms with van der Waals surface area (Å²) in [6, 6.07) is 0. The molecule has 0 aromatic heterocycles. The quantitative estimate of drug-likeness (QED) is 0.445. The molecule has 0 saturated heterocycles. The van der Waals surface area contributed by atoms with Crippen LogP contribution in [0, 0.1) is 0 Å². The van der Waals surface area contributed by atoms with Crippen LogP contribution in [-0.4, -0.2) is 12.9 Å². The monoisotopic (exact) mass is 152 g/mol. The van der Waals surface area contributed by atoms with Gasteiger partial charge in [-0.1, -0.05) is 13.3 Å². The van der Waals surface area contributed by atoms with Gasteiger partial charge in [0.25, 0.3) is 0 Å². The first-order valence-corrected chi connectivity index (χ1v) is 3.51. The summed E-state index contributed by atoms with van der Waals surface area (Å²) >= 11 is 5.01. The molecule has 0 aliphatic heterocycles. The Kier molecular flexibility index (Phi) is 6.48. The molecule has 0 saturated carbocycles. The van der Waals surface area contributed by atoms with Crippen molar-refractivity contribution in [1.29, 1.82) is 0 Å². The van der Waals surface area contributed by atoms with Gasteiger partial charge in [0, 0.05) is 6.61 Å². The van der Waals surface area contributed by atoms with Crippen LogP contribution in [0.5, 0.6) is 0 Å². The van der Waals surface area contributed by atoms with Crippen molar-refractivity contribution in [3.63, 3.8) is 0 Å². The summed E-state index contributed by atoms with van der Waals surface area (Å²) < 4.78 is 9.42. The molecule has 1 unspecified atom stereocenters.